The second kappa shape index (κ2) is 4.73. The van der Waals surface area contributed by atoms with Crippen molar-refractivity contribution in [1.29, 1.82) is 0 Å². The van der Waals surface area contributed by atoms with Crippen LogP contribution in [0, 0.1) is 0 Å². The van der Waals surface area contributed by atoms with Crippen molar-refractivity contribution in [3.63, 3.8) is 0 Å². The molecule has 0 aliphatic carbocycles. The normalized spacial score (nSPS) is 12.0. The van der Waals surface area contributed by atoms with Crippen molar-refractivity contribution >= 4 is 37.9 Å². The van der Waals surface area contributed by atoms with Gasteiger partial charge in [0.25, 0.3) is 0 Å². The average molecular weight is 186 g/mol. The van der Waals surface area contributed by atoms with Crippen molar-refractivity contribution < 1.29 is 9.78 Å². The van der Waals surface area contributed by atoms with E-state index in [2.05, 4.69) is 47.7 Å². The Kier molecular flexibility index (Phi) is 5.25. The Balaban J connectivity index is 3.07. The molecule has 0 rings (SSSR count). The highest BCUT2D eigenvalue weighted by Crippen LogP contribution is 2.25. The highest BCUT2D eigenvalue weighted by Gasteiger charge is 2.14. The monoisotopic (exact) mass is 186 g/mol. The fourth-order valence-electron chi connectivity index (χ4n) is 0.204. The van der Waals surface area contributed by atoms with Gasteiger partial charge in [0.2, 0.25) is 3.60 Å². The van der Waals surface area contributed by atoms with Gasteiger partial charge in [0.15, 0.2) is 0 Å². The van der Waals surface area contributed by atoms with Crippen molar-refractivity contribution in [2.75, 3.05) is 6.61 Å². The van der Waals surface area contributed by atoms with E-state index in [0.717, 1.165) is 6.42 Å². The molecule has 0 aliphatic rings. The van der Waals surface area contributed by atoms with E-state index in [1.54, 1.807) is 0 Å². The fraction of sp³-hybridized carbons (Fsp3) is 1.00. The second-order valence-corrected chi connectivity index (χ2v) is 4.43. The molecule has 2 nitrogen and oxygen atoms in total. The van der Waals surface area contributed by atoms with Crippen molar-refractivity contribution in [1.82, 2.24) is 0 Å². The summed E-state index contributed by atoms with van der Waals surface area (Å²) in [6.07, 6.45) is 0.894. The molecule has 0 radical (unpaired) electrons. The summed E-state index contributed by atoms with van der Waals surface area (Å²) >= 11 is 11.4. The molecule has 0 aromatic rings. The largest absolute Gasteiger partial charge is 0.234 e. The molecule has 0 aliphatic heterocycles. The molecule has 0 fully saturated rings. The Morgan fingerprint density at radius 2 is 1.89 bits per heavy atom. The molecule has 0 amide bonds. The summed E-state index contributed by atoms with van der Waals surface area (Å²) in [4.78, 5) is 9.18. The summed E-state index contributed by atoms with van der Waals surface area (Å²) in [5.41, 5.74) is 0. The Hall–Kier alpha value is 0.970. The predicted molar refractivity (Wildman–Crippen MR) is 47.0 cm³/mol. The zero-order valence-corrected chi connectivity index (χ0v) is 7.76. The van der Waals surface area contributed by atoms with Crippen molar-refractivity contribution in [2.45, 2.75) is 16.9 Å². The Morgan fingerprint density at radius 1 is 1.33 bits per heavy atom. The third-order valence-corrected chi connectivity index (χ3v) is 0.682. The molecule has 0 bridgehead atoms. The molecule has 0 N–H and O–H groups in total. The first-order valence-corrected chi connectivity index (χ1v) is 3.88. The van der Waals surface area contributed by atoms with Gasteiger partial charge >= 0.3 is 0 Å². The smallest absolute Gasteiger partial charge is 0.232 e. The van der Waals surface area contributed by atoms with Crippen molar-refractivity contribution in [3.05, 3.63) is 0 Å². The minimum absolute atomic E-state index is 0.531. The van der Waals surface area contributed by atoms with Crippen LogP contribution in [0.3, 0.4) is 0 Å². The van der Waals surface area contributed by atoms with Crippen LogP contribution in [-0.2, 0) is 9.78 Å². The van der Waals surface area contributed by atoms with Gasteiger partial charge in [-0.2, -0.15) is 4.89 Å². The number of thiol groups is 3. The van der Waals surface area contributed by atoms with Crippen LogP contribution in [-0.4, -0.2) is 10.2 Å². The van der Waals surface area contributed by atoms with E-state index in [-0.39, 0.29) is 0 Å². The van der Waals surface area contributed by atoms with Crippen molar-refractivity contribution in [3.8, 4) is 0 Å². The van der Waals surface area contributed by atoms with Gasteiger partial charge in [0.05, 0.1) is 6.61 Å². The van der Waals surface area contributed by atoms with E-state index in [4.69, 9.17) is 0 Å². The van der Waals surface area contributed by atoms with Crippen LogP contribution >= 0.6 is 37.9 Å². The fourth-order valence-corrected chi connectivity index (χ4v) is 0.362. The lowest BCUT2D eigenvalue weighted by atomic mass is 10.5. The number of hydrogen-bond acceptors (Lipinski definition) is 5. The Morgan fingerprint density at radius 3 is 2.22 bits per heavy atom. The van der Waals surface area contributed by atoms with Gasteiger partial charge in [-0.15, -0.1) is 37.9 Å². The lowest BCUT2D eigenvalue weighted by Crippen LogP contribution is -2.10. The maximum absolute atomic E-state index is 4.62. The second-order valence-electron chi connectivity index (χ2n) is 1.48. The van der Waals surface area contributed by atoms with Crippen molar-refractivity contribution in [2.24, 2.45) is 0 Å². The molecule has 5 heteroatoms. The van der Waals surface area contributed by atoms with E-state index in [1.165, 1.54) is 0 Å². The van der Waals surface area contributed by atoms with Gasteiger partial charge in [0, 0.05) is 0 Å². The van der Waals surface area contributed by atoms with Crippen LogP contribution in [0.5, 0.6) is 0 Å². The molecule has 0 aromatic heterocycles. The Bertz CT molecular complexity index is 70.7. The summed E-state index contributed by atoms with van der Waals surface area (Å²) in [7, 11) is 0. The highest BCUT2D eigenvalue weighted by atomic mass is 32.2. The molecule has 0 heterocycles. The van der Waals surface area contributed by atoms with Gasteiger partial charge in [-0.3, -0.25) is 0 Å². The maximum atomic E-state index is 4.62. The topological polar surface area (TPSA) is 18.5 Å². The zero-order valence-electron chi connectivity index (χ0n) is 5.07. The average Bonchev–Trinajstić information content (AvgIpc) is 1.63. The first-order valence-electron chi connectivity index (χ1n) is 2.54. The molecular formula is C4H10O2S3. The van der Waals surface area contributed by atoms with Gasteiger partial charge in [-0.1, -0.05) is 6.92 Å². The van der Waals surface area contributed by atoms with Gasteiger partial charge in [-0.05, 0) is 6.42 Å². The number of rotatable bonds is 4. The molecule has 0 spiro atoms. The molecule has 9 heavy (non-hydrogen) atoms. The molecule has 0 saturated heterocycles. The Labute approximate surface area is 71.5 Å². The molecule has 0 atom stereocenters. The SMILES string of the molecule is CCCOOC(S)(S)S. The lowest BCUT2D eigenvalue weighted by molar-refractivity contribution is -0.293. The summed E-state index contributed by atoms with van der Waals surface area (Å²) < 4.78 is -1.09. The summed E-state index contributed by atoms with van der Waals surface area (Å²) in [5.74, 6) is 0. The van der Waals surface area contributed by atoms with E-state index >= 15 is 0 Å². The molecule has 0 saturated carbocycles. The van der Waals surface area contributed by atoms with Crippen LogP contribution in [0.2, 0.25) is 0 Å². The first kappa shape index (κ1) is 9.97. The van der Waals surface area contributed by atoms with Crippen LogP contribution < -0.4 is 0 Å². The van der Waals surface area contributed by atoms with Crippen LogP contribution in [0.1, 0.15) is 13.3 Å². The standard InChI is InChI=1S/C4H10O2S3/c1-2-3-5-6-4(7,8)9/h7-9H,2-3H2,1H3. The van der Waals surface area contributed by atoms with Gasteiger partial charge in [0.1, 0.15) is 0 Å². The quantitative estimate of drug-likeness (QED) is 0.204. The predicted octanol–water partition coefficient (Wildman–Crippen LogP) is 1.75. The minimum Gasteiger partial charge on any atom is -0.234 e. The van der Waals surface area contributed by atoms with Crippen LogP contribution in [0.25, 0.3) is 0 Å². The molecule has 56 valence electrons. The van der Waals surface area contributed by atoms with E-state index < -0.39 is 3.60 Å². The number of hydrogen-bond donors (Lipinski definition) is 3. The lowest BCUT2D eigenvalue weighted by Gasteiger charge is -2.13. The third-order valence-electron chi connectivity index (χ3n) is 0.458. The third kappa shape index (κ3) is 8.97. The summed E-state index contributed by atoms with van der Waals surface area (Å²) in [6.45, 7) is 2.50. The van der Waals surface area contributed by atoms with Crippen LogP contribution in [0.15, 0.2) is 0 Å². The van der Waals surface area contributed by atoms with E-state index in [0.29, 0.717) is 6.61 Å². The first-order chi connectivity index (χ1) is 4.06. The van der Waals surface area contributed by atoms with Crippen LogP contribution in [0.4, 0.5) is 0 Å². The highest BCUT2D eigenvalue weighted by molar-refractivity contribution is 8.16. The van der Waals surface area contributed by atoms with E-state index in [1.807, 2.05) is 6.92 Å². The van der Waals surface area contributed by atoms with Gasteiger partial charge in [-0.25, -0.2) is 4.89 Å². The maximum Gasteiger partial charge on any atom is 0.232 e. The molecule has 0 aromatic carbocycles. The minimum atomic E-state index is -1.09. The van der Waals surface area contributed by atoms with E-state index in [9.17, 15) is 0 Å². The summed E-state index contributed by atoms with van der Waals surface area (Å²) in [6, 6.07) is 0. The molecular weight excluding hydrogens is 176 g/mol. The zero-order chi connectivity index (χ0) is 7.33. The molecule has 0 unspecified atom stereocenters. The summed E-state index contributed by atoms with van der Waals surface area (Å²) in [5, 5.41) is 0. The van der Waals surface area contributed by atoms with Gasteiger partial charge < -0.3 is 0 Å².